The summed E-state index contributed by atoms with van der Waals surface area (Å²) in [5, 5.41) is 3.27. The van der Waals surface area contributed by atoms with Crippen LogP contribution in [0.25, 0.3) is 0 Å². The maximum atomic E-state index is 11.9. The molecule has 5 heteroatoms. The predicted molar refractivity (Wildman–Crippen MR) is 68.6 cm³/mol. The van der Waals surface area contributed by atoms with Gasteiger partial charge in [-0.1, -0.05) is 13.8 Å². The summed E-state index contributed by atoms with van der Waals surface area (Å²) in [4.78, 5) is 16.0. The van der Waals surface area contributed by atoms with E-state index in [0.29, 0.717) is 16.9 Å². The summed E-state index contributed by atoms with van der Waals surface area (Å²) in [6.07, 6.45) is 1.62. The molecular formula is C11H18BrN3O. The number of nitrogens with one attached hydrogen (secondary N) is 1. The fourth-order valence-electron chi connectivity index (χ4n) is 1.47. The molecule has 0 aromatic carbocycles. The van der Waals surface area contributed by atoms with Crippen LogP contribution in [0, 0.1) is 12.8 Å². The van der Waals surface area contributed by atoms with Crippen LogP contribution in [0.1, 0.15) is 19.5 Å². The Bertz CT molecular complexity index is 403. The first-order chi connectivity index (χ1) is 7.56. The molecule has 0 radical (unpaired) electrons. The second-order valence-electron chi connectivity index (χ2n) is 4.01. The number of halogens is 1. The molecule has 0 amide bonds. The van der Waals surface area contributed by atoms with E-state index in [1.807, 2.05) is 6.92 Å². The highest BCUT2D eigenvalue weighted by Gasteiger charge is 2.08. The van der Waals surface area contributed by atoms with Crippen molar-refractivity contribution < 1.29 is 0 Å². The van der Waals surface area contributed by atoms with Crippen LogP contribution in [-0.4, -0.2) is 22.6 Å². The highest BCUT2D eigenvalue weighted by Crippen LogP contribution is 2.07. The largest absolute Gasteiger partial charge is 0.317 e. The lowest BCUT2D eigenvalue weighted by Gasteiger charge is -2.13. The first-order valence-electron chi connectivity index (χ1n) is 5.48. The van der Waals surface area contributed by atoms with E-state index >= 15 is 0 Å². The molecule has 0 saturated carbocycles. The van der Waals surface area contributed by atoms with Crippen LogP contribution in [0.2, 0.25) is 0 Å². The van der Waals surface area contributed by atoms with Crippen molar-refractivity contribution in [1.82, 2.24) is 14.9 Å². The molecule has 1 aromatic rings. The van der Waals surface area contributed by atoms with Gasteiger partial charge < -0.3 is 5.32 Å². The minimum Gasteiger partial charge on any atom is -0.317 e. The van der Waals surface area contributed by atoms with Gasteiger partial charge in [0.2, 0.25) is 0 Å². The smallest absolute Gasteiger partial charge is 0.267 e. The van der Waals surface area contributed by atoms with E-state index in [9.17, 15) is 4.79 Å². The number of hydrogen-bond donors (Lipinski definition) is 1. The third-order valence-corrected chi connectivity index (χ3v) is 3.32. The van der Waals surface area contributed by atoms with Crippen LogP contribution in [0.3, 0.4) is 0 Å². The van der Waals surface area contributed by atoms with Gasteiger partial charge in [-0.2, -0.15) is 0 Å². The van der Waals surface area contributed by atoms with E-state index in [2.05, 4.69) is 40.1 Å². The summed E-state index contributed by atoms with van der Waals surface area (Å²) >= 11 is 3.26. The van der Waals surface area contributed by atoms with Gasteiger partial charge in [-0.25, -0.2) is 4.98 Å². The van der Waals surface area contributed by atoms with Crippen molar-refractivity contribution in [2.24, 2.45) is 5.92 Å². The zero-order chi connectivity index (χ0) is 12.1. The minimum atomic E-state index is -0.00384. The lowest BCUT2D eigenvalue weighted by molar-refractivity contribution is 0.439. The average molecular weight is 288 g/mol. The Hall–Kier alpha value is -0.680. The zero-order valence-corrected chi connectivity index (χ0v) is 11.5. The fraction of sp³-hybridized carbons (Fsp3) is 0.636. The van der Waals surface area contributed by atoms with Crippen LogP contribution in [0.4, 0.5) is 0 Å². The molecule has 1 atom stereocenters. The van der Waals surface area contributed by atoms with Crippen molar-refractivity contribution in [2.75, 3.05) is 13.1 Å². The van der Waals surface area contributed by atoms with Gasteiger partial charge in [-0.05, 0) is 41.9 Å². The molecule has 0 aliphatic heterocycles. The van der Waals surface area contributed by atoms with Gasteiger partial charge in [0, 0.05) is 6.54 Å². The Morgan fingerprint density at radius 1 is 1.62 bits per heavy atom. The third kappa shape index (κ3) is 3.42. The molecule has 1 rings (SSSR count). The molecule has 1 N–H and O–H groups in total. The average Bonchev–Trinajstić information content (AvgIpc) is 2.27. The molecular weight excluding hydrogens is 270 g/mol. The zero-order valence-electron chi connectivity index (χ0n) is 9.96. The molecule has 1 heterocycles. The molecule has 0 aliphatic carbocycles. The molecule has 0 aliphatic rings. The van der Waals surface area contributed by atoms with E-state index in [1.54, 1.807) is 10.9 Å². The Balaban J connectivity index is 2.75. The Morgan fingerprint density at radius 2 is 2.31 bits per heavy atom. The Morgan fingerprint density at radius 3 is 2.94 bits per heavy atom. The van der Waals surface area contributed by atoms with Gasteiger partial charge in [0.15, 0.2) is 0 Å². The van der Waals surface area contributed by atoms with Crippen molar-refractivity contribution in [1.29, 1.82) is 0 Å². The van der Waals surface area contributed by atoms with E-state index < -0.39 is 0 Å². The summed E-state index contributed by atoms with van der Waals surface area (Å²) in [6, 6.07) is 0. The lowest BCUT2D eigenvalue weighted by Crippen LogP contribution is -2.29. The summed E-state index contributed by atoms with van der Waals surface area (Å²) in [7, 11) is 0. The summed E-state index contributed by atoms with van der Waals surface area (Å²) in [6.45, 7) is 8.56. The van der Waals surface area contributed by atoms with Crippen molar-refractivity contribution in [2.45, 2.75) is 27.3 Å². The van der Waals surface area contributed by atoms with Gasteiger partial charge in [0.05, 0.1) is 12.0 Å². The topological polar surface area (TPSA) is 46.9 Å². The number of rotatable bonds is 5. The van der Waals surface area contributed by atoms with Gasteiger partial charge in [-0.15, -0.1) is 0 Å². The van der Waals surface area contributed by atoms with Gasteiger partial charge in [0.1, 0.15) is 4.47 Å². The van der Waals surface area contributed by atoms with Gasteiger partial charge >= 0.3 is 0 Å². The Kier molecular flexibility index (Phi) is 5.15. The molecule has 16 heavy (non-hydrogen) atoms. The van der Waals surface area contributed by atoms with Crippen LogP contribution >= 0.6 is 15.9 Å². The number of aromatic nitrogens is 2. The lowest BCUT2D eigenvalue weighted by atomic mass is 10.2. The summed E-state index contributed by atoms with van der Waals surface area (Å²) in [5.74, 6) is 0.411. The highest BCUT2D eigenvalue weighted by molar-refractivity contribution is 9.10. The first kappa shape index (κ1) is 13.4. The summed E-state index contributed by atoms with van der Waals surface area (Å²) < 4.78 is 2.21. The number of nitrogens with zero attached hydrogens (tertiary/aromatic N) is 2. The minimum absolute atomic E-state index is 0.00384. The normalized spacial score (nSPS) is 12.8. The maximum Gasteiger partial charge on any atom is 0.267 e. The van der Waals surface area contributed by atoms with Crippen LogP contribution in [0.15, 0.2) is 15.6 Å². The highest BCUT2D eigenvalue weighted by atomic mass is 79.9. The molecule has 4 nitrogen and oxygen atoms in total. The standard InChI is InChI=1S/C11H18BrN3O/c1-4-13-5-8(2)6-15-7-14-9(3)10(12)11(15)16/h7-8,13H,4-6H2,1-3H3. The van der Waals surface area contributed by atoms with E-state index in [0.717, 1.165) is 18.8 Å². The van der Waals surface area contributed by atoms with E-state index in [-0.39, 0.29) is 5.56 Å². The van der Waals surface area contributed by atoms with E-state index in [4.69, 9.17) is 0 Å². The van der Waals surface area contributed by atoms with Crippen LogP contribution in [-0.2, 0) is 6.54 Å². The quantitative estimate of drug-likeness (QED) is 0.894. The van der Waals surface area contributed by atoms with Crippen molar-refractivity contribution in [3.05, 3.63) is 26.8 Å². The Labute approximate surface area is 104 Å². The molecule has 0 spiro atoms. The molecule has 1 unspecified atom stereocenters. The molecule has 90 valence electrons. The molecule has 0 saturated heterocycles. The van der Waals surface area contributed by atoms with E-state index in [1.165, 1.54) is 0 Å². The fourth-order valence-corrected chi connectivity index (χ4v) is 1.80. The predicted octanol–water partition coefficient (Wildman–Crippen LogP) is 1.56. The third-order valence-electron chi connectivity index (χ3n) is 2.41. The molecule has 0 bridgehead atoms. The van der Waals surface area contributed by atoms with Crippen molar-refractivity contribution in [3.8, 4) is 0 Å². The van der Waals surface area contributed by atoms with Crippen molar-refractivity contribution >= 4 is 15.9 Å². The van der Waals surface area contributed by atoms with Gasteiger partial charge in [0.25, 0.3) is 5.56 Å². The van der Waals surface area contributed by atoms with Crippen LogP contribution in [0.5, 0.6) is 0 Å². The molecule has 1 aromatic heterocycles. The van der Waals surface area contributed by atoms with Crippen LogP contribution < -0.4 is 10.9 Å². The first-order valence-corrected chi connectivity index (χ1v) is 6.27. The number of aryl methyl sites for hydroxylation is 1. The summed E-state index contributed by atoms with van der Waals surface area (Å²) in [5.41, 5.74) is 0.733. The molecule has 0 fully saturated rings. The second kappa shape index (κ2) is 6.15. The monoisotopic (exact) mass is 287 g/mol. The second-order valence-corrected chi connectivity index (χ2v) is 4.81. The SMILES string of the molecule is CCNCC(C)Cn1cnc(C)c(Br)c1=O. The number of hydrogen-bond acceptors (Lipinski definition) is 3. The maximum absolute atomic E-state index is 11.9. The van der Waals surface area contributed by atoms with Gasteiger partial charge in [-0.3, -0.25) is 9.36 Å². The van der Waals surface area contributed by atoms with Crippen molar-refractivity contribution in [3.63, 3.8) is 0 Å².